The number of benzene rings is 2. The van der Waals surface area contributed by atoms with E-state index in [0.717, 1.165) is 17.7 Å². The van der Waals surface area contributed by atoms with Crippen LogP contribution in [0.3, 0.4) is 0 Å². The number of rotatable bonds is 5. The number of carbonyl (C=O) groups excluding carboxylic acids is 1. The van der Waals surface area contributed by atoms with Gasteiger partial charge in [-0.25, -0.2) is 0 Å². The molecule has 6 nitrogen and oxygen atoms in total. The number of hydrogen-bond acceptors (Lipinski definition) is 5. The van der Waals surface area contributed by atoms with Crippen molar-refractivity contribution < 1.29 is 22.9 Å². The molecule has 1 saturated heterocycles. The molecule has 1 amide bonds. The van der Waals surface area contributed by atoms with Crippen LogP contribution in [0.25, 0.3) is 0 Å². The molecule has 0 aromatic heterocycles. The Morgan fingerprint density at radius 1 is 1.10 bits per heavy atom. The first-order valence-electron chi connectivity index (χ1n) is 9.69. The third-order valence-corrected chi connectivity index (χ3v) is 5.97. The molecule has 0 radical (unpaired) electrons. The molecule has 2 aromatic rings. The molecule has 1 fully saturated rings. The number of thioether (sulfide) groups is 1. The fraction of sp³-hybridized carbons (Fsp3) is 0.381. The van der Waals surface area contributed by atoms with E-state index in [1.165, 1.54) is 30.0 Å². The average molecular weight is 453 g/mol. The van der Waals surface area contributed by atoms with Gasteiger partial charge in [-0.1, -0.05) is 12.1 Å². The zero-order valence-corrected chi connectivity index (χ0v) is 17.7. The molecule has 166 valence electrons. The number of nitro benzene ring substituents is 1. The van der Waals surface area contributed by atoms with E-state index in [2.05, 4.69) is 4.90 Å². The van der Waals surface area contributed by atoms with Crippen LogP contribution in [0.5, 0.6) is 0 Å². The molecule has 31 heavy (non-hydrogen) atoms. The Kier molecular flexibility index (Phi) is 7.22. The lowest BCUT2D eigenvalue weighted by Gasteiger charge is -2.22. The van der Waals surface area contributed by atoms with Gasteiger partial charge in [0.1, 0.15) is 0 Å². The van der Waals surface area contributed by atoms with Crippen LogP contribution in [0.15, 0.2) is 47.4 Å². The summed E-state index contributed by atoms with van der Waals surface area (Å²) in [5.74, 6) is -0.257. The van der Waals surface area contributed by atoms with E-state index in [9.17, 15) is 28.1 Å². The van der Waals surface area contributed by atoms with Gasteiger partial charge in [-0.05, 0) is 42.5 Å². The van der Waals surface area contributed by atoms with Gasteiger partial charge < -0.3 is 4.90 Å². The van der Waals surface area contributed by atoms with Gasteiger partial charge in [-0.2, -0.15) is 13.2 Å². The Balaban J connectivity index is 1.64. The highest BCUT2D eigenvalue weighted by atomic mass is 32.2. The van der Waals surface area contributed by atoms with Gasteiger partial charge in [0.15, 0.2) is 0 Å². The second kappa shape index (κ2) is 9.69. The first kappa shape index (κ1) is 23.1. The summed E-state index contributed by atoms with van der Waals surface area (Å²) in [5.41, 5.74) is 0.291. The van der Waals surface area contributed by atoms with Gasteiger partial charge in [-0.15, -0.1) is 11.8 Å². The van der Waals surface area contributed by atoms with Crippen LogP contribution in [0, 0.1) is 10.1 Å². The Bertz CT molecular complexity index is 951. The molecule has 1 heterocycles. The molecule has 10 heteroatoms. The minimum Gasteiger partial charge on any atom is -0.337 e. The molecule has 0 bridgehead atoms. The molecule has 0 unspecified atom stereocenters. The first-order valence-corrected chi connectivity index (χ1v) is 10.9. The number of carbonyl (C=O) groups is 1. The average Bonchev–Trinajstić information content (AvgIpc) is 2.98. The maximum atomic E-state index is 12.9. The van der Waals surface area contributed by atoms with Gasteiger partial charge in [-0.3, -0.25) is 19.8 Å². The molecule has 0 atom stereocenters. The van der Waals surface area contributed by atoms with E-state index < -0.39 is 16.7 Å². The Labute approximate surface area is 182 Å². The molecule has 1 aliphatic rings. The van der Waals surface area contributed by atoms with Gasteiger partial charge in [0.25, 0.3) is 11.6 Å². The van der Waals surface area contributed by atoms with Crippen molar-refractivity contribution in [2.24, 2.45) is 0 Å². The maximum absolute atomic E-state index is 12.9. The van der Waals surface area contributed by atoms with Crippen molar-refractivity contribution in [2.45, 2.75) is 24.0 Å². The molecule has 0 saturated carbocycles. The summed E-state index contributed by atoms with van der Waals surface area (Å²) >= 11 is 1.25. The summed E-state index contributed by atoms with van der Waals surface area (Å²) in [5, 5.41) is 11.3. The van der Waals surface area contributed by atoms with Gasteiger partial charge in [0.05, 0.1) is 15.4 Å². The molecule has 1 aliphatic heterocycles. The maximum Gasteiger partial charge on any atom is 0.416 e. The highest BCUT2D eigenvalue weighted by Gasteiger charge is 2.30. The van der Waals surface area contributed by atoms with Crippen LogP contribution < -0.4 is 0 Å². The lowest BCUT2D eigenvalue weighted by Crippen LogP contribution is -2.35. The third-order valence-electron chi connectivity index (χ3n) is 5.19. The summed E-state index contributed by atoms with van der Waals surface area (Å²) in [6.07, 6.45) is -1.91. The van der Waals surface area contributed by atoms with Crippen LogP contribution in [-0.4, -0.2) is 53.1 Å². The smallest absolute Gasteiger partial charge is 0.337 e. The molecular weight excluding hydrogens is 431 g/mol. The van der Waals surface area contributed by atoms with Crippen molar-refractivity contribution in [1.82, 2.24) is 9.80 Å². The summed E-state index contributed by atoms with van der Waals surface area (Å²) in [6, 6.07) is 9.62. The zero-order chi connectivity index (χ0) is 22.6. The minimum atomic E-state index is -4.36. The van der Waals surface area contributed by atoms with Crippen LogP contribution in [0.4, 0.5) is 18.9 Å². The Morgan fingerprint density at radius 2 is 1.81 bits per heavy atom. The third kappa shape index (κ3) is 5.76. The van der Waals surface area contributed by atoms with Crippen molar-refractivity contribution in [3.8, 4) is 0 Å². The number of nitro groups is 1. The molecule has 2 aromatic carbocycles. The number of halogens is 3. The van der Waals surface area contributed by atoms with Gasteiger partial charge >= 0.3 is 6.18 Å². The molecule has 0 aliphatic carbocycles. The van der Waals surface area contributed by atoms with Gasteiger partial charge in [0, 0.05) is 44.4 Å². The van der Waals surface area contributed by atoms with E-state index in [-0.39, 0.29) is 17.2 Å². The number of amides is 1. The molecule has 0 N–H and O–H groups in total. The lowest BCUT2D eigenvalue weighted by atomic mass is 10.1. The minimum absolute atomic E-state index is 0.0860. The summed E-state index contributed by atoms with van der Waals surface area (Å²) in [4.78, 5) is 27.9. The predicted molar refractivity (Wildman–Crippen MR) is 112 cm³/mol. The normalized spacial score (nSPS) is 15.5. The standard InChI is InChI=1S/C21H22F3N3O3S/c1-31-19-8-5-16(13-18(19)27(29)30)20(28)26-10-2-9-25(11-12-26)14-15-3-6-17(7-4-15)21(22,23)24/h3-8,13H,2,9-12,14H2,1H3. The summed E-state index contributed by atoms with van der Waals surface area (Å²) in [7, 11) is 0. The Hall–Kier alpha value is -2.59. The predicted octanol–water partition coefficient (Wildman–Crippen LogP) is 4.68. The fourth-order valence-corrected chi connectivity index (χ4v) is 4.08. The van der Waals surface area contributed by atoms with Gasteiger partial charge in [0.2, 0.25) is 0 Å². The zero-order valence-electron chi connectivity index (χ0n) is 16.9. The van der Waals surface area contributed by atoms with E-state index in [4.69, 9.17) is 0 Å². The summed E-state index contributed by atoms with van der Waals surface area (Å²) in [6.45, 7) is 2.72. The van der Waals surface area contributed by atoms with Crippen LogP contribution in [0.1, 0.15) is 27.9 Å². The Morgan fingerprint density at radius 3 is 2.42 bits per heavy atom. The summed E-state index contributed by atoms with van der Waals surface area (Å²) < 4.78 is 38.1. The number of hydrogen-bond donors (Lipinski definition) is 0. The van der Waals surface area contributed by atoms with Crippen molar-refractivity contribution in [3.63, 3.8) is 0 Å². The van der Waals surface area contributed by atoms with E-state index in [0.29, 0.717) is 44.0 Å². The second-order valence-electron chi connectivity index (χ2n) is 7.26. The highest BCUT2D eigenvalue weighted by Crippen LogP contribution is 2.30. The van der Waals surface area contributed by atoms with Crippen molar-refractivity contribution in [1.29, 1.82) is 0 Å². The quantitative estimate of drug-likeness (QED) is 0.374. The van der Waals surface area contributed by atoms with Crippen LogP contribution in [0.2, 0.25) is 0 Å². The lowest BCUT2D eigenvalue weighted by molar-refractivity contribution is -0.387. The topological polar surface area (TPSA) is 66.7 Å². The SMILES string of the molecule is CSc1ccc(C(=O)N2CCCN(Cc3ccc(C(F)(F)F)cc3)CC2)cc1[N+](=O)[O-]. The highest BCUT2D eigenvalue weighted by molar-refractivity contribution is 7.98. The molecule has 3 rings (SSSR count). The first-order chi connectivity index (χ1) is 14.7. The second-order valence-corrected chi connectivity index (χ2v) is 8.11. The van der Waals surface area contributed by atoms with Crippen molar-refractivity contribution in [3.05, 3.63) is 69.3 Å². The largest absolute Gasteiger partial charge is 0.416 e. The van der Waals surface area contributed by atoms with Crippen LogP contribution >= 0.6 is 11.8 Å². The van der Waals surface area contributed by atoms with Crippen molar-refractivity contribution in [2.75, 3.05) is 32.4 Å². The van der Waals surface area contributed by atoms with E-state index in [1.54, 1.807) is 23.3 Å². The van der Waals surface area contributed by atoms with Crippen LogP contribution in [-0.2, 0) is 12.7 Å². The van der Waals surface area contributed by atoms with E-state index >= 15 is 0 Å². The van der Waals surface area contributed by atoms with E-state index in [1.807, 2.05) is 0 Å². The molecular formula is C21H22F3N3O3S. The van der Waals surface area contributed by atoms with Crippen molar-refractivity contribution >= 4 is 23.4 Å². The fourth-order valence-electron chi connectivity index (χ4n) is 3.54. The molecule has 0 spiro atoms. The number of nitrogens with zero attached hydrogens (tertiary/aromatic N) is 3. The number of alkyl halides is 3. The monoisotopic (exact) mass is 453 g/mol.